The summed E-state index contributed by atoms with van der Waals surface area (Å²) in [7, 11) is -3.41. The van der Waals surface area contributed by atoms with E-state index in [9.17, 15) is 8.42 Å². The van der Waals surface area contributed by atoms with Gasteiger partial charge in [0.05, 0.1) is 34.8 Å². The van der Waals surface area contributed by atoms with E-state index < -0.39 is 10.0 Å². The summed E-state index contributed by atoms with van der Waals surface area (Å²) in [6, 6.07) is 12.7. The van der Waals surface area contributed by atoms with Crippen LogP contribution in [0.1, 0.15) is 18.7 Å². The lowest BCUT2D eigenvalue weighted by molar-refractivity contribution is 0.558. The summed E-state index contributed by atoms with van der Waals surface area (Å²) in [5, 5.41) is 0. The predicted molar refractivity (Wildman–Crippen MR) is 89.3 cm³/mol. The monoisotopic (exact) mass is 330 g/mol. The van der Waals surface area contributed by atoms with E-state index >= 15 is 0 Å². The molecule has 0 aliphatic heterocycles. The Bertz CT molecular complexity index is 891. The van der Waals surface area contributed by atoms with Gasteiger partial charge in [0, 0.05) is 12.7 Å². The molecule has 2 aromatic heterocycles. The number of pyridine rings is 1. The minimum Gasteiger partial charge on any atom is -0.330 e. The van der Waals surface area contributed by atoms with Crippen molar-refractivity contribution in [1.29, 1.82) is 0 Å². The van der Waals surface area contributed by atoms with Crippen LogP contribution in [0.3, 0.4) is 0 Å². The molecule has 1 atom stereocenters. The zero-order valence-electron chi connectivity index (χ0n) is 12.8. The number of aryl methyl sites for hydroxylation is 1. The summed E-state index contributed by atoms with van der Waals surface area (Å²) in [6.45, 7) is 2.14. The van der Waals surface area contributed by atoms with Crippen LogP contribution in [0.2, 0.25) is 0 Å². The van der Waals surface area contributed by atoms with E-state index in [4.69, 9.17) is 0 Å². The molecular weight excluding hydrogens is 312 g/mol. The lowest BCUT2D eigenvalue weighted by Crippen LogP contribution is -2.31. The topological polar surface area (TPSA) is 76.9 Å². The molecular formula is C16H18N4O2S. The SMILES string of the molecule is C[C@@H](NS(=O)(=O)CCn1cnc2ccccc21)c1ccccn1. The van der Waals surface area contributed by atoms with Crippen molar-refractivity contribution in [3.05, 3.63) is 60.7 Å². The van der Waals surface area contributed by atoms with Gasteiger partial charge in [-0.05, 0) is 31.2 Å². The van der Waals surface area contributed by atoms with E-state index in [2.05, 4.69) is 14.7 Å². The second kappa shape index (κ2) is 6.47. The van der Waals surface area contributed by atoms with Crippen LogP contribution in [0.15, 0.2) is 55.0 Å². The molecule has 1 aromatic carbocycles. The molecule has 23 heavy (non-hydrogen) atoms. The normalized spacial score (nSPS) is 13.3. The molecule has 0 saturated carbocycles. The highest BCUT2D eigenvalue weighted by atomic mass is 32.2. The second-order valence-electron chi connectivity index (χ2n) is 5.34. The van der Waals surface area contributed by atoms with Gasteiger partial charge in [0.15, 0.2) is 0 Å². The van der Waals surface area contributed by atoms with Gasteiger partial charge in [-0.25, -0.2) is 18.1 Å². The third-order valence-electron chi connectivity index (χ3n) is 3.62. The molecule has 0 bridgehead atoms. The van der Waals surface area contributed by atoms with Gasteiger partial charge >= 0.3 is 0 Å². The highest BCUT2D eigenvalue weighted by Crippen LogP contribution is 2.13. The molecule has 0 fully saturated rings. The third-order valence-corrected chi connectivity index (χ3v) is 5.05. The van der Waals surface area contributed by atoms with Crippen molar-refractivity contribution in [2.75, 3.05) is 5.75 Å². The second-order valence-corrected chi connectivity index (χ2v) is 7.21. The molecule has 0 saturated heterocycles. The number of para-hydroxylation sites is 2. The molecule has 0 unspecified atom stereocenters. The van der Waals surface area contributed by atoms with Crippen molar-refractivity contribution in [2.45, 2.75) is 19.5 Å². The minimum atomic E-state index is -3.41. The summed E-state index contributed by atoms with van der Waals surface area (Å²) >= 11 is 0. The zero-order valence-corrected chi connectivity index (χ0v) is 13.6. The van der Waals surface area contributed by atoms with Gasteiger partial charge in [0.25, 0.3) is 0 Å². The van der Waals surface area contributed by atoms with Crippen LogP contribution in [-0.2, 0) is 16.6 Å². The fraction of sp³-hybridized carbons (Fsp3) is 0.250. The number of hydrogen-bond acceptors (Lipinski definition) is 4. The first-order chi connectivity index (χ1) is 11.1. The van der Waals surface area contributed by atoms with Crippen molar-refractivity contribution in [1.82, 2.24) is 19.3 Å². The summed E-state index contributed by atoms with van der Waals surface area (Å²) in [5.74, 6) is -0.00940. The molecule has 3 aromatic rings. The largest absolute Gasteiger partial charge is 0.330 e. The zero-order chi connectivity index (χ0) is 16.3. The Labute approximate surface area is 135 Å². The van der Waals surface area contributed by atoms with E-state index in [1.807, 2.05) is 34.9 Å². The molecule has 0 spiro atoms. The molecule has 2 heterocycles. The van der Waals surface area contributed by atoms with Crippen LogP contribution in [0.25, 0.3) is 11.0 Å². The van der Waals surface area contributed by atoms with Crippen LogP contribution >= 0.6 is 0 Å². The molecule has 7 heteroatoms. The smallest absolute Gasteiger partial charge is 0.213 e. The van der Waals surface area contributed by atoms with Crippen molar-refractivity contribution >= 4 is 21.1 Å². The number of aromatic nitrogens is 3. The number of imidazole rings is 1. The summed E-state index contributed by atoms with van der Waals surface area (Å²) in [6.07, 6.45) is 3.32. The lowest BCUT2D eigenvalue weighted by atomic mass is 10.2. The number of nitrogens with zero attached hydrogens (tertiary/aromatic N) is 3. The number of benzene rings is 1. The van der Waals surface area contributed by atoms with Gasteiger partial charge in [0.2, 0.25) is 10.0 Å². The van der Waals surface area contributed by atoms with Crippen molar-refractivity contribution < 1.29 is 8.42 Å². The molecule has 3 rings (SSSR count). The highest BCUT2D eigenvalue weighted by Gasteiger charge is 2.17. The van der Waals surface area contributed by atoms with E-state index in [0.29, 0.717) is 12.2 Å². The third kappa shape index (κ3) is 3.75. The fourth-order valence-corrected chi connectivity index (χ4v) is 3.64. The minimum absolute atomic E-state index is 0.00940. The van der Waals surface area contributed by atoms with Crippen LogP contribution in [0.5, 0.6) is 0 Å². The highest BCUT2D eigenvalue weighted by molar-refractivity contribution is 7.89. The summed E-state index contributed by atoms with van der Waals surface area (Å²) in [5.41, 5.74) is 2.49. The summed E-state index contributed by atoms with van der Waals surface area (Å²) in [4.78, 5) is 8.44. The fourth-order valence-electron chi connectivity index (χ4n) is 2.43. The number of rotatable bonds is 6. The van der Waals surface area contributed by atoms with Crippen LogP contribution in [0, 0.1) is 0 Å². The van der Waals surface area contributed by atoms with Crippen LogP contribution in [0.4, 0.5) is 0 Å². The van der Waals surface area contributed by atoms with Gasteiger partial charge in [-0.2, -0.15) is 0 Å². The number of nitrogens with one attached hydrogen (secondary N) is 1. The number of fused-ring (bicyclic) bond motifs is 1. The maximum atomic E-state index is 12.3. The van der Waals surface area contributed by atoms with Gasteiger partial charge in [-0.3, -0.25) is 4.98 Å². The Morgan fingerprint density at radius 1 is 1.13 bits per heavy atom. The van der Waals surface area contributed by atoms with E-state index in [1.165, 1.54) is 0 Å². The molecule has 0 aliphatic carbocycles. The van der Waals surface area contributed by atoms with Crippen LogP contribution < -0.4 is 4.72 Å². The van der Waals surface area contributed by atoms with Crippen molar-refractivity contribution in [2.24, 2.45) is 0 Å². The van der Waals surface area contributed by atoms with Crippen molar-refractivity contribution in [3.63, 3.8) is 0 Å². The summed E-state index contributed by atoms with van der Waals surface area (Å²) < 4.78 is 29.1. The van der Waals surface area contributed by atoms with E-state index in [1.54, 1.807) is 31.6 Å². The maximum absolute atomic E-state index is 12.3. The van der Waals surface area contributed by atoms with Crippen LogP contribution in [-0.4, -0.2) is 28.7 Å². The standard InChI is InChI=1S/C16H18N4O2S/c1-13(14-6-4-5-9-17-14)19-23(21,22)11-10-20-12-18-15-7-2-3-8-16(15)20/h2-9,12-13,19H,10-11H2,1H3/t13-/m1/s1. The molecule has 6 nitrogen and oxygen atoms in total. The van der Waals surface area contributed by atoms with Gasteiger partial charge in [0.1, 0.15) is 0 Å². The number of hydrogen-bond donors (Lipinski definition) is 1. The van der Waals surface area contributed by atoms with E-state index in [0.717, 1.165) is 11.0 Å². The Kier molecular flexibility index (Phi) is 4.40. The first-order valence-electron chi connectivity index (χ1n) is 7.36. The molecule has 1 N–H and O–H groups in total. The quantitative estimate of drug-likeness (QED) is 0.751. The van der Waals surface area contributed by atoms with Gasteiger partial charge in [-0.15, -0.1) is 0 Å². The van der Waals surface area contributed by atoms with Crippen molar-refractivity contribution in [3.8, 4) is 0 Å². The Morgan fingerprint density at radius 2 is 1.91 bits per heavy atom. The molecule has 0 amide bonds. The molecule has 0 radical (unpaired) electrons. The van der Waals surface area contributed by atoms with Gasteiger partial charge < -0.3 is 4.57 Å². The molecule has 0 aliphatic rings. The first-order valence-corrected chi connectivity index (χ1v) is 9.01. The first kappa shape index (κ1) is 15.6. The van der Waals surface area contributed by atoms with Gasteiger partial charge in [-0.1, -0.05) is 18.2 Å². The Balaban J connectivity index is 1.67. The Morgan fingerprint density at radius 3 is 2.70 bits per heavy atom. The Hall–Kier alpha value is -2.25. The number of sulfonamides is 1. The predicted octanol–water partition coefficient (Wildman–Crippen LogP) is 2.11. The molecule has 120 valence electrons. The average Bonchev–Trinajstić information content (AvgIpc) is 2.97. The maximum Gasteiger partial charge on any atom is 0.213 e. The van der Waals surface area contributed by atoms with E-state index in [-0.39, 0.29) is 11.8 Å². The average molecular weight is 330 g/mol. The lowest BCUT2D eigenvalue weighted by Gasteiger charge is -2.14.